The van der Waals surface area contributed by atoms with Crippen molar-refractivity contribution in [1.29, 1.82) is 0 Å². The molecule has 1 unspecified atom stereocenters. The number of aromatic hydroxyl groups is 1. The number of para-hydroxylation sites is 2. The Labute approximate surface area is 178 Å². The maximum Gasteiger partial charge on any atom is 0.270 e. The summed E-state index contributed by atoms with van der Waals surface area (Å²) in [7, 11) is 0. The SMILES string of the molecule is CCN(CC1CCCN(CCc2ccccc2O)C1)C(=O)c1cc2ccccc2[nH]1. The van der Waals surface area contributed by atoms with E-state index in [1.165, 1.54) is 0 Å². The van der Waals surface area contributed by atoms with Gasteiger partial charge in [-0.2, -0.15) is 0 Å². The van der Waals surface area contributed by atoms with Crippen LogP contribution in [0.25, 0.3) is 10.9 Å². The molecule has 0 spiro atoms. The number of phenols is 1. The topological polar surface area (TPSA) is 59.6 Å². The molecular weight excluding hydrogens is 374 g/mol. The van der Waals surface area contributed by atoms with Gasteiger partial charge in [-0.3, -0.25) is 4.79 Å². The predicted molar refractivity (Wildman–Crippen MR) is 121 cm³/mol. The molecule has 1 aromatic heterocycles. The Balaban J connectivity index is 1.35. The highest BCUT2D eigenvalue weighted by molar-refractivity contribution is 5.98. The summed E-state index contributed by atoms with van der Waals surface area (Å²) >= 11 is 0. The minimum Gasteiger partial charge on any atom is -0.508 e. The number of fused-ring (bicyclic) bond motifs is 1. The third kappa shape index (κ3) is 4.68. The highest BCUT2D eigenvalue weighted by Gasteiger charge is 2.25. The Kier molecular flexibility index (Phi) is 6.38. The summed E-state index contributed by atoms with van der Waals surface area (Å²) in [6.45, 7) is 6.59. The fourth-order valence-electron chi connectivity index (χ4n) is 4.53. The number of hydrogen-bond acceptors (Lipinski definition) is 3. The second kappa shape index (κ2) is 9.35. The number of nitrogens with zero attached hydrogens (tertiary/aromatic N) is 2. The van der Waals surface area contributed by atoms with Crippen LogP contribution in [0.4, 0.5) is 0 Å². The molecule has 1 aliphatic heterocycles. The molecule has 2 heterocycles. The maximum absolute atomic E-state index is 13.1. The molecule has 1 atom stereocenters. The van der Waals surface area contributed by atoms with Gasteiger partial charge in [-0.1, -0.05) is 36.4 Å². The molecule has 4 rings (SSSR count). The number of piperidine rings is 1. The van der Waals surface area contributed by atoms with Crippen molar-refractivity contribution in [3.63, 3.8) is 0 Å². The van der Waals surface area contributed by atoms with Gasteiger partial charge in [0, 0.05) is 37.1 Å². The van der Waals surface area contributed by atoms with Gasteiger partial charge < -0.3 is 19.9 Å². The number of H-pyrrole nitrogens is 1. The third-order valence-corrected chi connectivity index (χ3v) is 6.20. The van der Waals surface area contributed by atoms with Gasteiger partial charge in [0.25, 0.3) is 5.91 Å². The molecule has 1 aliphatic rings. The monoisotopic (exact) mass is 405 g/mol. The number of benzene rings is 2. The van der Waals surface area contributed by atoms with Crippen LogP contribution in [0.2, 0.25) is 0 Å². The van der Waals surface area contributed by atoms with Crippen molar-refractivity contribution < 1.29 is 9.90 Å². The van der Waals surface area contributed by atoms with Crippen molar-refractivity contribution in [3.05, 3.63) is 65.9 Å². The van der Waals surface area contributed by atoms with Crippen LogP contribution in [-0.4, -0.2) is 58.5 Å². The minimum absolute atomic E-state index is 0.0834. The smallest absolute Gasteiger partial charge is 0.270 e. The lowest BCUT2D eigenvalue weighted by atomic mass is 9.96. The van der Waals surface area contributed by atoms with Gasteiger partial charge in [0.05, 0.1) is 0 Å². The quantitative estimate of drug-likeness (QED) is 0.616. The zero-order valence-electron chi connectivity index (χ0n) is 17.7. The van der Waals surface area contributed by atoms with Gasteiger partial charge >= 0.3 is 0 Å². The van der Waals surface area contributed by atoms with Crippen LogP contribution in [0.1, 0.15) is 35.8 Å². The number of aromatic nitrogens is 1. The molecule has 1 saturated heterocycles. The van der Waals surface area contributed by atoms with Crippen LogP contribution in [0.15, 0.2) is 54.6 Å². The summed E-state index contributed by atoms with van der Waals surface area (Å²) in [6, 6.07) is 17.6. The molecule has 0 aliphatic carbocycles. The molecule has 1 amide bonds. The van der Waals surface area contributed by atoms with Crippen molar-refractivity contribution in [2.45, 2.75) is 26.2 Å². The van der Waals surface area contributed by atoms with Gasteiger partial charge in [0.1, 0.15) is 11.4 Å². The van der Waals surface area contributed by atoms with Crippen LogP contribution in [0.3, 0.4) is 0 Å². The number of carbonyl (C=O) groups is 1. The number of rotatable bonds is 7. The van der Waals surface area contributed by atoms with Crippen molar-refractivity contribution in [2.24, 2.45) is 5.92 Å². The largest absolute Gasteiger partial charge is 0.508 e. The molecule has 30 heavy (non-hydrogen) atoms. The van der Waals surface area contributed by atoms with E-state index in [4.69, 9.17) is 0 Å². The Morgan fingerprint density at radius 1 is 1.20 bits per heavy atom. The maximum atomic E-state index is 13.1. The number of likely N-dealkylation sites (tertiary alicyclic amines) is 1. The third-order valence-electron chi connectivity index (χ3n) is 6.20. The zero-order valence-corrected chi connectivity index (χ0v) is 17.7. The van der Waals surface area contributed by atoms with Crippen LogP contribution >= 0.6 is 0 Å². The van der Waals surface area contributed by atoms with Gasteiger partial charge in [-0.15, -0.1) is 0 Å². The van der Waals surface area contributed by atoms with E-state index in [-0.39, 0.29) is 5.91 Å². The first kappa shape index (κ1) is 20.5. The molecular formula is C25H31N3O2. The standard InChI is InChI=1S/C25H31N3O2/c1-2-28(25(30)23-16-21-10-3-5-11-22(21)26-23)18-19-8-7-14-27(17-19)15-13-20-9-4-6-12-24(20)29/h3-6,9-12,16,19,26,29H,2,7-8,13-15,17-18H2,1H3. The molecule has 2 N–H and O–H groups in total. The summed E-state index contributed by atoms with van der Waals surface area (Å²) in [5, 5.41) is 11.1. The lowest BCUT2D eigenvalue weighted by Gasteiger charge is -2.35. The summed E-state index contributed by atoms with van der Waals surface area (Å²) < 4.78 is 0. The summed E-state index contributed by atoms with van der Waals surface area (Å²) in [4.78, 5) is 20.8. The fraction of sp³-hybridized carbons (Fsp3) is 0.400. The van der Waals surface area contributed by atoms with Crippen molar-refractivity contribution in [3.8, 4) is 5.75 Å². The van der Waals surface area contributed by atoms with Gasteiger partial charge in [0.2, 0.25) is 0 Å². The Morgan fingerprint density at radius 2 is 2.00 bits per heavy atom. The van der Waals surface area contributed by atoms with E-state index in [0.717, 1.165) is 61.9 Å². The number of hydrogen-bond donors (Lipinski definition) is 2. The second-order valence-electron chi connectivity index (χ2n) is 8.30. The number of nitrogens with one attached hydrogen (secondary N) is 1. The molecule has 0 saturated carbocycles. The van der Waals surface area contributed by atoms with Crippen molar-refractivity contribution in [2.75, 3.05) is 32.7 Å². The first-order valence-corrected chi connectivity index (χ1v) is 11.0. The van der Waals surface area contributed by atoms with Gasteiger partial charge in [-0.25, -0.2) is 0 Å². The lowest BCUT2D eigenvalue weighted by molar-refractivity contribution is 0.0686. The second-order valence-corrected chi connectivity index (χ2v) is 8.30. The van der Waals surface area contributed by atoms with Gasteiger partial charge in [-0.05, 0) is 62.4 Å². The molecule has 1 fully saturated rings. The summed E-state index contributed by atoms with van der Waals surface area (Å²) in [5.41, 5.74) is 2.68. The summed E-state index contributed by atoms with van der Waals surface area (Å²) in [5.74, 6) is 0.948. The van der Waals surface area contributed by atoms with Crippen molar-refractivity contribution >= 4 is 16.8 Å². The first-order valence-electron chi connectivity index (χ1n) is 11.0. The molecule has 0 radical (unpaired) electrons. The van der Waals surface area contributed by atoms with Crippen LogP contribution < -0.4 is 0 Å². The molecule has 2 aromatic carbocycles. The van der Waals surface area contributed by atoms with Crippen LogP contribution in [0.5, 0.6) is 5.75 Å². The molecule has 158 valence electrons. The van der Waals surface area contributed by atoms with Gasteiger partial charge in [0.15, 0.2) is 0 Å². The number of aromatic amines is 1. The minimum atomic E-state index is 0.0834. The molecule has 0 bridgehead atoms. The lowest BCUT2D eigenvalue weighted by Crippen LogP contribution is -2.43. The molecule has 5 nitrogen and oxygen atoms in total. The molecule has 3 aromatic rings. The Morgan fingerprint density at radius 3 is 2.80 bits per heavy atom. The van der Waals surface area contributed by atoms with E-state index in [2.05, 4.69) is 16.8 Å². The number of amides is 1. The zero-order chi connectivity index (χ0) is 20.9. The van der Waals surface area contributed by atoms with E-state index in [9.17, 15) is 9.90 Å². The highest BCUT2D eigenvalue weighted by atomic mass is 16.3. The van der Waals surface area contributed by atoms with E-state index in [1.54, 1.807) is 6.07 Å². The number of carbonyl (C=O) groups excluding carboxylic acids is 1. The van der Waals surface area contributed by atoms with E-state index in [0.29, 0.717) is 23.9 Å². The van der Waals surface area contributed by atoms with Crippen LogP contribution in [0, 0.1) is 5.92 Å². The van der Waals surface area contributed by atoms with E-state index < -0.39 is 0 Å². The normalized spacial score (nSPS) is 17.3. The Bertz CT molecular complexity index is 964. The summed E-state index contributed by atoms with van der Waals surface area (Å²) in [6.07, 6.45) is 3.16. The molecule has 5 heteroatoms. The highest BCUT2D eigenvalue weighted by Crippen LogP contribution is 2.22. The van der Waals surface area contributed by atoms with Crippen LogP contribution in [-0.2, 0) is 6.42 Å². The number of phenolic OH excluding ortho intramolecular Hbond substituents is 1. The Hall–Kier alpha value is -2.79. The average molecular weight is 406 g/mol. The van der Waals surface area contributed by atoms with E-state index >= 15 is 0 Å². The average Bonchev–Trinajstić information content (AvgIpc) is 3.21. The first-order chi connectivity index (χ1) is 14.6. The van der Waals surface area contributed by atoms with Crippen molar-refractivity contribution in [1.82, 2.24) is 14.8 Å². The fourth-order valence-corrected chi connectivity index (χ4v) is 4.53. The van der Waals surface area contributed by atoms with E-state index in [1.807, 2.05) is 53.4 Å². The predicted octanol–water partition coefficient (Wildman–Crippen LogP) is 4.29.